The summed E-state index contributed by atoms with van der Waals surface area (Å²) >= 11 is 11.0. The summed E-state index contributed by atoms with van der Waals surface area (Å²) in [7, 11) is 0. The molecule has 2 heterocycles. The number of carbonyl (C=O) groups is 1. The van der Waals surface area contributed by atoms with Crippen molar-refractivity contribution in [1.82, 2.24) is 10.2 Å². The van der Waals surface area contributed by atoms with Crippen LogP contribution in [-0.4, -0.2) is 43.7 Å². The van der Waals surface area contributed by atoms with Crippen molar-refractivity contribution in [1.29, 1.82) is 0 Å². The molecule has 0 bridgehead atoms. The van der Waals surface area contributed by atoms with Crippen molar-refractivity contribution in [3.05, 3.63) is 61.7 Å². The minimum absolute atomic E-state index is 0.0956. The second-order valence-electron chi connectivity index (χ2n) is 5.94. The van der Waals surface area contributed by atoms with Gasteiger partial charge in [-0.1, -0.05) is 23.7 Å². The molecule has 1 aromatic carbocycles. The van der Waals surface area contributed by atoms with Crippen LogP contribution in [0.25, 0.3) is 6.08 Å². The van der Waals surface area contributed by atoms with Crippen molar-refractivity contribution in [2.45, 2.75) is 6.04 Å². The number of morpholine rings is 1. The molecule has 1 atom stereocenters. The van der Waals surface area contributed by atoms with E-state index in [1.165, 1.54) is 0 Å². The summed E-state index contributed by atoms with van der Waals surface area (Å²) in [5.41, 5.74) is 1.14. The number of carbonyl (C=O) groups excluding carboxylic acids is 1. The third kappa shape index (κ3) is 5.66. The Bertz CT molecular complexity index is 757. The van der Waals surface area contributed by atoms with Crippen LogP contribution in [0.4, 0.5) is 0 Å². The van der Waals surface area contributed by atoms with E-state index in [1.807, 2.05) is 42.5 Å². The lowest BCUT2D eigenvalue weighted by molar-refractivity contribution is -0.116. The lowest BCUT2D eigenvalue weighted by Gasteiger charge is -2.34. The second-order valence-corrected chi connectivity index (χ2v) is 8.87. The maximum Gasteiger partial charge on any atom is 0.244 e. The number of nitrogens with one attached hydrogen (secondary N) is 1. The van der Waals surface area contributed by atoms with E-state index in [4.69, 9.17) is 16.3 Å². The Morgan fingerprint density at radius 1 is 1.27 bits per heavy atom. The SMILES string of the molecule is O=C(/C=C/c1ccc(Br)s1)NCC(c1ccc(Cl)cc1)N1CCOCC1. The molecule has 3 rings (SSSR count). The van der Waals surface area contributed by atoms with Gasteiger partial charge in [-0.2, -0.15) is 0 Å². The number of amides is 1. The third-order valence-electron chi connectivity index (χ3n) is 4.20. The van der Waals surface area contributed by atoms with E-state index in [2.05, 4.69) is 26.1 Å². The molecule has 1 aromatic heterocycles. The molecule has 0 saturated carbocycles. The Hall–Kier alpha value is -1.18. The summed E-state index contributed by atoms with van der Waals surface area (Å²) in [5.74, 6) is -0.0956. The Morgan fingerprint density at radius 2 is 2.00 bits per heavy atom. The highest BCUT2D eigenvalue weighted by Crippen LogP contribution is 2.24. The van der Waals surface area contributed by atoms with Crippen LogP contribution >= 0.6 is 38.9 Å². The van der Waals surface area contributed by atoms with Crippen LogP contribution in [0.5, 0.6) is 0 Å². The van der Waals surface area contributed by atoms with E-state index in [0.29, 0.717) is 24.8 Å². The third-order valence-corrected chi connectivity index (χ3v) is 6.04. The molecule has 1 unspecified atom stereocenters. The Balaban J connectivity index is 1.64. The van der Waals surface area contributed by atoms with Gasteiger partial charge in [0.2, 0.25) is 5.91 Å². The maximum absolute atomic E-state index is 12.2. The van der Waals surface area contributed by atoms with Crippen molar-refractivity contribution in [2.24, 2.45) is 0 Å². The molecule has 1 amide bonds. The lowest BCUT2D eigenvalue weighted by atomic mass is 10.0. The molecule has 0 radical (unpaired) electrons. The molecule has 0 spiro atoms. The average Bonchev–Trinajstić information content (AvgIpc) is 3.08. The molecule has 138 valence electrons. The van der Waals surface area contributed by atoms with E-state index in [0.717, 1.165) is 27.3 Å². The largest absolute Gasteiger partial charge is 0.379 e. The number of thiophene rings is 1. The number of hydrogen-bond donors (Lipinski definition) is 1. The second kappa shape index (κ2) is 9.67. The highest BCUT2D eigenvalue weighted by molar-refractivity contribution is 9.11. The van der Waals surface area contributed by atoms with Crippen LogP contribution in [0.2, 0.25) is 5.02 Å². The van der Waals surface area contributed by atoms with E-state index >= 15 is 0 Å². The summed E-state index contributed by atoms with van der Waals surface area (Å²) in [6.45, 7) is 3.67. The van der Waals surface area contributed by atoms with Gasteiger partial charge in [0, 0.05) is 35.6 Å². The van der Waals surface area contributed by atoms with Gasteiger partial charge in [0.05, 0.1) is 23.0 Å². The molecular weight excluding hydrogens is 436 g/mol. The smallest absolute Gasteiger partial charge is 0.244 e. The summed E-state index contributed by atoms with van der Waals surface area (Å²) in [6.07, 6.45) is 3.41. The van der Waals surface area contributed by atoms with E-state index < -0.39 is 0 Å². The molecule has 1 N–H and O–H groups in total. The first-order valence-electron chi connectivity index (χ1n) is 8.40. The predicted molar refractivity (Wildman–Crippen MR) is 111 cm³/mol. The van der Waals surface area contributed by atoms with Gasteiger partial charge >= 0.3 is 0 Å². The quantitative estimate of drug-likeness (QED) is 0.658. The molecule has 0 aliphatic carbocycles. The number of nitrogens with zero attached hydrogens (tertiary/aromatic N) is 1. The number of rotatable bonds is 6. The van der Waals surface area contributed by atoms with Crippen LogP contribution in [0.3, 0.4) is 0 Å². The fraction of sp³-hybridized carbons (Fsp3) is 0.316. The summed E-state index contributed by atoms with van der Waals surface area (Å²) in [5, 5.41) is 3.73. The Labute approximate surface area is 170 Å². The van der Waals surface area contributed by atoms with E-state index in [9.17, 15) is 4.79 Å². The fourth-order valence-electron chi connectivity index (χ4n) is 2.86. The molecular formula is C19H20BrClN2O2S. The molecule has 26 heavy (non-hydrogen) atoms. The van der Waals surface area contributed by atoms with Gasteiger partial charge in [-0.15, -0.1) is 11.3 Å². The molecule has 1 saturated heterocycles. The van der Waals surface area contributed by atoms with Crippen LogP contribution < -0.4 is 5.32 Å². The van der Waals surface area contributed by atoms with Gasteiger partial charge < -0.3 is 10.1 Å². The standard InChI is InChI=1S/C19H20BrClN2O2S/c20-18-7-5-16(26-18)6-8-19(24)22-13-17(23-9-11-25-12-10-23)14-1-3-15(21)4-2-14/h1-8,17H,9-13H2,(H,22,24)/b8-6+. The topological polar surface area (TPSA) is 41.6 Å². The van der Waals surface area contributed by atoms with Crippen LogP contribution in [0.15, 0.2) is 46.3 Å². The minimum Gasteiger partial charge on any atom is -0.379 e. The van der Waals surface area contributed by atoms with E-state index in [-0.39, 0.29) is 11.9 Å². The van der Waals surface area contributed by atoms with Gasteiger partial charge in [-0.05, 0) is 51.8 Å². The average molecular weight is 456 g/mol. The number of halogens is 2. The van der Waals surface area contributed by atoms with Crippen LogP contribution in [-0.2, 0) is 9.53 Å². The normalized spacial score (nSPS) is 16.7. The fourth-order valence-corrected chi connectivity index (χ4v) is 4.32. The zero-order chi connectivity index (χ0) is 18.4. The first kappa shape index (κ1) is 19.6. The van der Waals surface area contributed by atoms with Gasteiger partial charge in [0.1, 0.15) is 0 Å². The molecule has 1 fully saturated rings. The number of ether oxygens (including phenoxy) is 1. The summed E-state index contributed by atoms with van der Waals surface area (Å²) < 4.78 is 6.50. The summed E-state index contributed by atoms with van der Waals surface area (Å²) in [6, 6.07) is 11.9. The highest BCUT2D eigenvalue weighted by Gasteiger charge is 2.22. The first-order chi connectivity index (χ1) is 12.6. The van der Waals surface area contributed by atoms with Crippen molar-refractivity contribution in [2.75, 3.05) is 32.8 Å². The molecule has 7 heteroatoms. The van der Waals surface area contributed by atoms with Crippen molar-refractivity contribution < 1.29 is 9.53 Å². The monoisotopic (exact) mass is 454 g/mol. The Kier molecular flexibility index (Phi) is 7.28. The zero-order valence-electron chi connectivity index (χ0n) is 14.2. The first-order valence-corrected chi connectivity index (χ1v) is 10.4. The van der Waals surface area contributed by atoms with Gasteiger partial charge in [-0.3, -0.25) is 9.69 Å². The molecule has 1 aliphatic rings. The van der Waals surface area contributed by atoms with E-state index in [1.54, 1.807) is 17.4 Å². The molecule has 2 aromatic rings. The minimum atomic E-state index is -0.0956. The van der Waals surface area contributed by atoms with Crippen molar-refractivity contribution in [3.63, 3.8) is 0 Å². The maximum atomic E-state index is 12.2. The summed E-state index contributed by atoms with van der Waals surface area (Å²) in [4.78, 5) is 15.6. The number of hydrogen-bond acceptors (Lipinski definition) is 4. The Morgan fingerprint density at radius 3 is 2.65 bits per heavy atom. The van der Waals surface area contributed by atoms with Gasteiger partial charge in [-0.25, -0.2) is 0 Å². The molecule has 1 aliphatic heterocycles. The lowest BCUT2D eigenvalue weighted by Crippen LogP contribution is -2.43. The van der Waals surface area contributed by atoms with Crippen LogP contribution in [0.1, 0.15) is 16.5 Å². The molecule has 4 nitrogen and oxygen atoms in total. The van der Waals surface area contributed by atoms with Gasteiger partial charge in [0.25, 0.3) is 0 Å². The number of benzene rings is 1. The zero-order valence-corrected chi connectivity index (χ0v) is 17.3. The predicted octanol–water partition coefficient (Wildman–Crippen LogP) is 4.37. The van der Waals surface area contributed by atoms with Crippen molar-refractivity contribution >= 4 is 50.9 Å². The van der Waals surface area contributed by atoms with Gasteiger partial charge in [0.15, 0.2) is 0 Å². The van der Waals surface area contributed by atoms with Crippen molar-refractivity contribution in [3.8, 4) is 0 Å². The van der Waals surface area contributed by atoms with Crippen LogP contribution in [0, 0.1) is 0 Å². The highest BCUT2D eigenvalue weighted by atomic mass is 79.9.